The fourth-order valence-corrected chi connectivity index (χ4v) is 2.69. The third-order valence-corrected chi connectivity index (χ3v) is 3.69. The predicted molar refractivity (Wildman–Crippen MR) is 69.5 cm³/mol. The topological polar surface area (TPSA) is 95.9 Å². The molecule has 0 aliphatic carbocycles. The average molecular weight is 305 g/mol. The number of halogens is 1. The summed E-state index contributed by atoms with van der Waals surface area (Å²) in [7, 11) is -4.88. The molecule has 112 valence electrons. The van der Waals surface area contributed by atoms with Crippen molar-refractivity contribution >= 4 is 10.4 Å². The Balaban J connectivity index is 2.23. The summed E-state index contributed by atoms with van der Waals surface area (Å²) in [4.78, 5) is 0. The van der Waals surface area contributed by atoms with Gasteiger partial charge in [-0.2, -0.15) is 8.42 Å². The maximum Gasteiger partial charge on any atom is 0.446 e. The van der Waals surface area contributed by atoms with Gasteiger partial charge in [-0.15, -0.1) is 0 Å². The minimum atomic E-state index is -4.88. The summed E-state index contributed by atoms with van der Waals surface area (Å²) in [5.41, 5.74) is 0.258. The first-order valence-corrected chi connectivity index (χ1v) is 7.61. The molecule has 1 heterocycles. The van der Waals surface area contributed by atoms with Crippen molar-refractivity contribution in [1.29, 1.82) is 0 Å². The zero-order valence-corrected chi connectivity index (χ0v) is 11.5. The van der Waals surface area contributed by atoms with Gasteiger partial charge in [-0.05, 0) is 49.9 Å². The lowest BCUT2D eigenvalue weighted by Gasteiger charge is -2.23. The average Bonchev–Trinajstić information content (AvgIpc) is 2.38. The molecule has 0 bridgehead atoms. The smallest absolute Gasteiger partial charge is 0.446 e. The molecule has 1 aromatic carbocycles. The minimum absolute atomic E-state index is 0.258. The van der Waals surface area contributed by atoms with Crippen LogP contribution in [0.3, 0.4) is 0 Å². The Bertz CT molecular complexity index is 584. The van der Waals surface area contributed by atoms with Crippen molar-refractivity contribution in [3.63, 3.8) is 0 Å². The molecule has 0 radical (unpaired) electrons. The van der Waals surface area contributed by atoms with Gasteiger partial charge in [-0.1, -0.05) is 6.07 Å². The van der Waals surface area contributed by atoms with Crippen LogP contribution in [0.25, 0.3) is 0 Å². The maximum absolute atomic E-state index is 14.1. The molecule has 1 fully saturated rings. The number of nitrogens with one attached hydrogen (secondary N) is 1. The van der Waals surface area contributed by atoms with Gasteiger partial charge in [0.15, 0.2) is 11.6 Å². The first kappa shape index (κ1) is 15.0. The van der Waals surface area contributed by atoms with Crippen LogP contribution in [0, 0.1) is 11.7 Å². The van der Waals surface area contributed by atoms with E-state index in [2.05, 4.69) is 9.50 Å². The Morgan fingerprint density at radius 2 is 2.00 bits per heavy atom. The van der Waals surface area contributed by atoms with E-state index in [1.165, 1.54) is 6.07 Å². The predicted octanol–water partition coefficient (Wildman–Crippen LogP) is 1.25. The zero-order chi connectivity index (χ0) is 14.8. The highest BCUT2D eigenvalue weighted by Crippen LogP contribution is 2.34. The molecule has 0 aromatic heterocycles. The van der Waals surface area contributed by atoms with E-state index >= 15 is 0 Å². The highest BCUT2D eigenvalue weighted by molar-refractivity contribution is 7.81. The van der Waals surface area contributed by atoms with Crippen LogP contribution in [0.4, 0.5) is 4.39 Å². The molecule has 3 N–H and O–H groups in total. The fraction of sp³-hybridized carbons (Fsp3) is 0.500. The van der Waals surface area contributed by atoms with E-state index in [1.54, 1.807) is 0 Å². The van der Waals surface area contributed by atoms with E-state index < -0.39 is 27.7 Å². The van der Waals surface area contributed by atoms with Gasteiger partial charge in [-0.3, -0.25) is 4.55 Å². The van der Waals surface area contributed by atoms with E-state index in [0.29, 0.717) is 6.42 Å². The fourth-order valence-electron chi connectivity index (χ4n) is 2.33. The van der Waals surface area contributed by atoms with E-state index in [4.69, 9.17) is 4.55 Å². The number of benzene rings is 1. The van der Waals surface area contributed by atoms with Crippen LogP contribution in [0.2, 0.25) is 0 Å². The molecule has 0 atom stereocenters. The van der Waals surface area contributed by atoms with Gasteiger partial charge >= 0.3 is 10.4 Å². The van der Waals surface area contributed by atoms with Crippen molar-refractivity contribution in [3.05, 3.63) is 23.5 Å². The number of piperidine rings is 1. The summed E-state index contributed by atoms with van der Waals surface area (Å²) < 4.78 is 48.1. The lowest BCUT2D eigenvalue weighted by molar-refractivity contribution is 0.350. The van der Waals surface area contributed by atoms with Gasteiger partial charge in [0.2, 0.25) is 5.75 Å². The van der Waals surface area contributed by atoms with Crippen LogP contribution in [0.1, 0.15) is 18.4 Å². The molecule has 1 saturated heterocycles. The normalized spacial score (nSPS) is 17.1. The molecule has 0 unspecified atom stereocenters. The van der Waals surface area contributed by atoms with Crippen molar-refractivity contribution in [1.82, 2.24) is 5.32 Å². The molecular weight excluding hydrogens is 289 g/mol. The molecular formula is C12H16FNO5S. The SMILES string of the molecule is O=S(=O)(O)Oc1c(O)ccc(CC2CCNCC2)c1F. The monoisotopic (exact) mass is 305 g/mol. The molecule has 0 spiro atoms. The lowest BCUT2D eigenvalue weighted by Crippen LogP contribution is -2.28. The Labute approximate surface area is 116 Å². The first-order valence-electron chi connectivity index (χ1n) is 6.25. The Morgan fingerprint density at radius 1 is 1.35 bits per heavy atom. The molecule has 2 rings (SSSR count). The van der Waals surface area contributed by atoms with Crippen molar-refractivity contribution in [2.24, 2.45) is 5.92 Å². The standard InChI is InChI=1S/C12H16FNO5S/c13-11-9(7-8-3-5-14-6-4-8)1-2-10(15)12(11)19-20(16,17)18/h1-2,8,14-15H,3-7H2,(H,16,17,18). The molecule has 0 saturated carbocycles. The van der Waals surface area contributed by atoms with Gasteiger partial charge in [0, 0.05) is 0 Å². The van der Waals surface area contributed by atoms with Crippen LogP contribution in [0.5, 0.6) is 11.5 Å². The van der Waals surface area contributed by atoms with Crippen molar-refractivity contribution in [2.45, 2.75) is 19.3 Å². The van der Waals surface area contributed by atoms with Crippen molar-refractivity contribution in [2.75, 3.05) is 13.1 Å². The van der Waals surface area contributed by atoms with Crippen LogP contribution in [0.15, 0.2) is 12.1 Å². The Morgan fingerprint density at radius 3 is 2.60 bits per heavy atom. The highest BCUT2D eigenvalue weighted by Gasteiger charge is 2.22. The summed E-state index contributed by atoms with van der Waals surface area (Å²) in [5, 5.41) is 12.6. The van der Waals surface area contributed by atoms with E-state index in [-0.39, 0.29) is 11.5 Å². The Kier molecular flexibility index (Phi) is 4.46. The van der Waals surface area contributed by atoms with Crippen LogP contribution in [-0.2, 0) is 16.8 Å². The van der Waals surface area contributed by atoms with Crippen molar-refractivity contribution < 1.29 is 26.7 Å². The van der Waals surface area contributed by atoms with Crippen LogP contribution in [-0.4, -0.2) is 31.2 Å². The molecule has 1 aliphatic rings. The molecule has 0 amide bonds. The number of aromatic hydroxyl groups is 1. The van der Waals surface area contributed by atoms with Gasteiger partial charge in [0.1, 0.15) is 0 Å². The quantitative estimate of drug-likeness (QED) is 0.725. The van der Waals surface area contributed by atoms with E-state index in [9.17, 15) is 17.9 Å². The number of phenolic OH excluding ortho intramolecular Hbond substituents is 1. The summed E-state index contributed by atoms with van der Waals surface area (Å²) in [6.45, 7) is 1.72. The summed E-state index contributed by atoms with van der Waals surface area (Å²) >= 11 is 0. The first-order chi connectivity index (χ1) is 9.37. The molecule has 1 aliphatic heterocycles. The van der Waals surface area contributed by atoms with Gasteiger partial charge < -0.3 is 14.6 Å². The van der Waals surface area contributed by atoms with E-state index in [1.807, 2.05) is 0 Å². The second kappa shape index (κ2) is 5.94. The number of hydrogen-bond donors (Lipinski definition) is 3. The maximum atomic E-state index is 14.1. The number of phenols is 1. The lowest BCUT2D eigenvalue weighted by atomic mass is 9.90. The van der Waals surface area contributed by atoms with Gasteiger partial charge in [0.25, 0.3) is 0 Å². The minimum Gasteiger partial charge on any atom is -0.504 e. The molecule has 8 heteroatoms. The van der Waals surface area contributed by atoms with Crippen molar-refractivity contribution in [3.8, 4) is 11.5 Å². The van der Waals surface area contributed by atoms with Crippen LogP contribution < -0.4 is 9.50 Å². The number of hydrogen-bond acceptors (Lipinski definition) is 5. The largest absolute Gasteiger partial charge is 0.504 e. The molecule has 20 heavy (non-hydrogen) atoms. The second-order valence-electron chi connectivity index (χ2n) is 4.80. The summed E-state index contributed by atoms with van der Waals surface area (Å²) in [5.74, 6) is -2.21. The summed E-state index contributed by atoms with van der Waals surface area (Å²) in [6.07, 6.45) is 2.22. The summed E-state index contributed by atoms with van der Waals surface area (Å²) in [6, 6.07) is 2.55. The Hall–Kier alpha value is -1.38. The molecule has 6 nitrogen and oxygen atoms in total. The second-order valence-corrected chi connectivity index (χ2v) is 5.82. The van der Waals surface area contributed by atoms with E-state index in [0.717, 1.165) is 32.0 Å². The van der Waals surface area contributed by atoms with Crippen LogP contribution >= 0.6 is 0 Å². The third-order valence-electron chi connectivity index (χ3n) is 3.31. The zero-order valence-electron chi connectivity index (χ0n) is 10.7. The van der Waals surface area contributed by atoms with Gasteiger partial charge in [-0.25, -0.2) is 4.39 Å². The van der Waals surface area contributed by atoms with Gasteiger partial charge in [0.05, 0.1) is 0 Å². The number of rotatable bonds is 4. The third kappa shape index (κ3) is 3.81. The molecule has 1 aromatic rings. The highest BCUT2D eigenvalue weighted by atomic mass is 32.3.